The lowest BCUT2D eigenvalue weighted by atomic mass is 9.72. The minimum Gasteiger partial charge on any atom is -0.459 e. The number of amides is 1. The first kappa shape index (κ1) is 30.6. The molecule has 1 aliphatic carbocycles. The third kappa shape index (κ3) is 4.68. The molecular weight excluding hydrogens is 602 g/mol. The maximum atomic E-state index is 12.8. The van der Waals surface area contributed by atoms with Gasteiger partial charge >= 0.3 is 6.01 Å². The molecule has 2 bridgehead atoms. The zero-order chi connectivity index (χ0) is 32.5. The Morgan fingerprint density at radius 3 is 2.83 bits per heavy atom. The number of thiophene rings is 1. The predicted octanol–water partition coefficient (Wildman–Crippen LogP) is 4.30. The summed E-state index contributed by atoms with van der Waals surface area (Å²) in [5.41, 5.74) is 7.15. The number of piperazine rings is 1. The zero-order valence-electron chi connectivity index (χ0n) is 27.1. The van der Waals surface area contributed by atoms with Crippen LogP contribution < -0.4 is 15.4 Å². The summed E-state index contributed by atoms with van der Waals surface area (Å²) in [7, 11) is 2.12. The Morgan fingerprint density at radius 2 is 2.13 bits per heavy atom. The van der Waals surface area contributed by atoms with E-state index >= 15 is 0 Å². The second-order valence-corrected chi connectivity index (χ2v) is 15.0. The van der Waals surface area contributed by atoms with Gasteiger partial charge < -0.3 is 24.8 Å². The quantitative estimate of drug-likeness (QED) is 0.367. The fraction of sp³-hybridized carbons (Fsp3) is 0.576. The van der Waals surface area contributed by atoms with Crippen molar-refractivity contribution in [3.05, 3.63) is 40.6 Å². The molecule has 46 heavy (non-hydrogen) atoms. The lowest BCUT2D eigenvalue weighted by molar-refractivity contribution is -0.132. The fourth-order valence-electron chi connectivity index (χ4n) is 8.56. The molecule has 1 unspecified atom stereocenters. The monoisotopic (exact) mass is 643 g/mol. The third-order valence-electron chi connectivity index (χ3n) is 10.8. The maximum Gasteiger partial charge on any atom is 0.319 e. The van der Waals surface area contributed by atoms with Crippen LogP contribution in [-0.4, -0.2) is 85.7 Å². The van der Waals surface area contributed by atoms with Crippen LogP contribution in [-0.2, 0) is 16.6 Å². The molecule has 6 atom stereocenters. The van der Waals surface area contributed by atoms with Gasteiger partial charge in [-0.25, -0.2) is 0 Å². The standard InChI is InChI=1S/C33H41N9O3S/c1-7-26(43)42-18(2)23-15-32(42,4)17-41(23)25-14-21(36-31(37-25)44-19(3)22-10-9-13-40(22)6)29-38-30(45-39-29)33(5)12-8-11-24-27(33)20(16-34)28(35)46-24/h7,14,18-19,22-23H,1,8-13,15,17,35H2,2-6H3/t18-,19-,22-,23?,32+,33-/m0/s1. The van der Waals surface area contributed by atoms with E-state index in [1.165, 1.54) is 17.4 Å². The van der Waals surface area contributed by atoms with Crippen LogP contribution in [0, 0.1) is 11.3 Å². The first-order valence-corrected chi connectivity index (χ1v) is 16.9. The molecule has 3 saturated heterocycles. The average molecular weight is 644 g/mol. The van der Waals surface area contributed by atoms with Gasteiger partial charge in [0, 0.05) is 29.1 Å². The molecular formula is C33H41N9O3S. The van der Waals surface area contributed by atoms with Crippen LogP contribution >= 0.6 is 11.3 Å². The van der Waals surface area contributed by atoms with Crippen LogP contribution in [0.1, 0.15) is 81.7 Å². The number of aryl methyl sites for hydroxylation is 1. The highest BCUT2D eigenvalue weighted by molar-refractivity contribution is 7.16. The van der Waals surface area contributed by atoms with Gasteiger partial charge in [-0.2, -0.15) is 20.2 Å². The third-order valence-corrected chi connectivity index (χ3v) is 11.9. The van der Waals surface area contributed by atoms with E-state index < -0.39 is 5.41 Å². The van der Waals surface area contributed by atoms with Crippen LogP contribution in [0.2, 0.25) is 0 Å². The fourth-order valence-corrected chi connectivity index (χ4v) is 9.75. The van der Waals surface area contributed by atoms with Crippen molar-refractivity contribution in [2.45, 2.75) is 101 Å². The Balaban J connectivity index is 1.27. The van der Waals surface area contributed by atoms with Gasteiger partial charge in [0.1, 0.15) is 28.7 Å². The number of nitrogen functional groups attached to an aromatic ring is 1. The molecule has 2 N–H and O–H groups in total. The number of rotatable bonds is 7. The highest BCUT2D eigenvalue weighted by Crippen LogP contribution is 2.49. The number of nitriles is 1. The summed E-state index contributed by atoms with van der Waals surface area (Å²) in [6.45, 7) is 13.7. The largest absolute Gasteiger partial charge is 0.459 e. The summed E-state index contributed by atoms with van der Waals surface area (Å²) in [4.78, 5) is 35.1. The lowest BCUT2D eigenvalue weighted by Gasteiger charge is -2.44. The molecule has 0 aromatic carbocycles. The van der Waals surface area contributed by atoms with E-state index in [2.05, 4.69) is 55.4 Å². The van der Waals surface area contributed by atoms with Crippen LogP contribution in [0.15, 0.2) is 23.2 Å². The lowest BCUT2D eigenvalue weighted by Crippen LogP contribution is -2.59. The van der Waals surface area contributed by atoms with Crippen molar-refractivity contribution in [3.8, 4) is 23.6 Å². The number of likely N-dealkylation sites (N-methyl/N-ethyl adjacent to an activating group) is 1. The number of anilines is 2. The Bertz CT molecular complexity index is 1750. The second kappa shape index (κ2) is 11.1. The van der Waals surface area contributed by atoms with Gasteiger partial charge in [0.05, 0.1) is 28.6 Å². The van der Waals surface area contributed by atoms with Crippen molar-refractivity contribution in [2.75, 3.05) is 30.8 Å². The first-order valence-electron chi connectivity index (χ1n) is 16.1. The van der Waals surface area contributed by atoms with Crippen LogP contribution in [0.5, 0.6) is 6.01 Å². The van der Waals surface area contributed by atoms with Crippen LogP contribution in [0.4, 0.5) is 10.8 Å². The van der Waals surface area contributed by atoms with Gasteiger partial charge in [0.15, 0.2) is 0 Å². The van der Waals surface area contributed by atoms with E-state index in [0.717, 1.165) is 55.5 Å². The number of nitrogens with zero attached hydrogens (tertiary/aromatic N) is 8. The highest BCUT2D eigenvalue weighted by atomic mass is 32.1. The van der Waals surface area contributed by atoms with Gasteiger partial charge in [0.2, 0.25) is 17.6 Å². The summed E-state index contributed by atoms with van der Waals surface area (Å²) in [6.07, 6.45) is 6.83. The van der Waals surface area contributed by atoms with Gasteiger partial charge in [-0.05, 0) is 85.9 Å². The van der Waals surface area contributed by atoms with E-state index in [1.807, 2.05) is 17.9 Å². The number of fused-ring (bicyclic) bond motifs is 3. The van der Waals surface area contributed by atoms with Crippen LogP contribution in [0.25, 0.3) is 11.5 Å². The molecule has 13 heteroatoms. The number of likely N-dealkylation sites (tertiary alicyclic amines) is 2. The Hall–Kier alpha value is -4.02. The van der Waals surface area contributed by atoms with Gasteiger partial charge in [-0.3, -0.25) is 9.69 Å². The average Bonchev–Trinajstić information content (AvgIpc) is 3.84. The summed E-state index contributed by atoms with van der Waals surface area (Å²) in [5, 5.41) is 14.9. The number of hydrogen-bond donors (Lipinski definition) is 1. The predicted molar refractivity (Wildman–Crippen MR) is 175 cm³/mol. The van der Waals surface area contributed by atoms with E-state index in [-0.39, 0.29) is 41.7 Å². The van der Waals surface area contributed by atoms with Crippen molar-refractivity contribution in [2.24, 2.45) is 0 Å². The molecule has 6 heterocycles. The van der Waals surface area contributed by atoms with E-state index in [1.54, 1.807) is 0 Å². The molecule has 3 aromatic rings. The van der Waals surface area contributed by atoms with Gasteiger partial charge in [-0.15, -0.1) is 11.3 Å². The molecule has 242 valence electrons. The minimum absolute atomic E-state index is 0.0253. The molecule has 0 spiro atoms. The molecule has 3 aromatic heterocycles. The minimum atomic E-state index is -0.645. The second-order valence-electron chi connectivity index (χ2n) is 13.8. The molecule has 7 rings (SSSR count). The summed E-state index contributed by atoms with van der Waals surface area (Å²) in [5.74, 6) is 1.41. The number of ether oxygens (including phenoxy) is 1. The SMILES string of the molecule is C=CC(=O)N1[C@@H](C)C2C[C@]1(C)CN2c1cc(-c2noc([C@@]3(C)CCCc4sc(N)c(C#N)c43)n2)nc(O[C@@H](C)[C@@H]2CCCN2C)n1. The van der Waals surface area contributed by atoms with Gasteiger partial charge in [-0.1, -0.05) is 11.7 Å². The molecule has 0 saturated carbocycles. The van der Waals surface area contributed by atoms with Crippen molar-refractivity contribution in [1.29, 1.82) is 5.26 Å². The van der Waals surface area contributed by atoms with Crippen molar-refractivity contribution in [3.63, 3.8) is 0 Å². The number of hydrogen-bond acceptors (Lipinski definition) is 12. The van der Waals surface area contributed by atoms with E-state index in [0.29, 0.717) is 40.3 Å². The molecule has 3 aliphatic heterocycles. The first-order chi connectivity index (χ1) is 22.0. The number of aromatic nitrogens is 4. The van der Waals surface area contributed by atoms with Crippen LogP contribution in [0.3, 0.4) is 0 Å². The highest BCUT2D eigenvalue weighted by Gasteiger charge is 2.57. The molecule has 1 amide bonds. The van der Waals surface area contributed by atoms with E-state index in [4.69, 9.17) is 29.9 Å². The Morgan fingerprint density at radius 1 is 1.33 bits per heavy atom. The molecule has 4 aliphatic rings. The smallest absolute Gasteiger partial charge is 0.319 e. The molecule has 12 nitrogen and oxygen atoms in total. The number of carbonyl (C=O) groups excluding carboxylic acids is 1. The Kier molecular flexibility index (Phi) is 7.36. The van der Waals surface area contributed by atoms with Crippen molar-refractivity contribution in [1.82, 2.24) is 29.9 Å². The summed E-state index contributed by atoms with van der Waals surface area (Å²) in [6, 6.07) is 4.77. The number of carbonyl (C=O) groups is 1. The number of nitrogens with two attached hydrogens (primary N) is 1. The maximum absolute atomic E-state index is 12.8. The summed E-state index contributed by atoms with van der Waals surface area (Å²) >= 11 is 1.47. The summed E-state index contributed by atoms with van der Waals surface area (Å²) < 4.78 is 12.4. The van der Waals surface area contributed by atoms with Gasteiger partial charge in [0.25, 0.3) is 0 Å². The van der Waals surface area contributed by atoms with Crippen molar-refractivity contribution < 1.29 is 14.1 Å². The van der Waals surface area contributed by atoms with E-state index in [9.17, 15) is 10.1 Å². The van der Waals surface area contributed by atoms with Crippen molar-refractivity contribution >= 4 is 28.1 Å². The zero-order valence-corrected chi connectivity index (χ0v) is 27.9. The molecule has 0 radical (unpaired) electrons. The molecule has 3 fully saturated rings. The Labute approximate surface area is 273 Å². The topological polar surface area (TPSA) is 151 Å². The normalized spacial score (nSPS) is 29.5.